The number of ether oxygens (including phenoxy) is 2. The normalized spacial score (nSPS) is 16.3. The van der Waals surface area contributed by atoms with E-state index in [0.29, 0.717) is 26.1 Å². The van der Waals surface area contributed by atoms with Gasteiger partial charge in [-0.1, -0.05) is 11.6 Å². The zero-order valence-electron chi connectivity index (χ0n) is 14.0. The molecule has 0 spiro atoms. The Hall–Kier alpha value is -1.52. The van der Waals surface area contributed by atoms with E-state index in [2.05, 4.69) is 0 Å². The highest BCUT2D eigenvalue weighted by molar-refractivity contribution is 5.80. The average Bonchev–Trinajstić information content (AvgIpc) is 2.37. The maximum atomic E-state index is 12.0. The van der Waals surface area contributed by atoms with Crippen LogP contribution in [0.3, 0.4) is 0 Å². The van der Waals surface area contributed by atoms with Crippen molar-refractivity contribution in [1.29, 1.82) is 0 Å². The van der Waals surface area contributed by atoms with Crippen LogP contribution in [0.5, 0.6) is 0 Å². The molecule has 0 unspecified atom stereocenters. The SMILES string of the molecule is CCOC(=O)C(C)(C)C1=CCN(C(=O)OC(C)(C)C)CC1. The lowest BCUT2D eigenvalue weighted by Crippen LogP contribution is -2.41. The Morgan fingerprint density at radius 3 is 2.29 bits per heavy atom. The lowest BCUT2D eigenvalue weighted by molar-refractivity contribution is -0.151. The third-order valence-electron chi connectivity index (χ3n) is 3.45. The second kappa shape index (κ2) is 6.50. The molecule has 0 aliphatic carbocycles. The number of hydrogen-bond acceptors (Lipinski definition) is 4. The molecule has 5 heteroatoms. The fourth-order valence-electron chi connectivity index (χ4n) is 2.17. The minimum atomic E-state index is -0.643. The molecule has 0 bridgehead atoms. The quantitative estimate of drug-likeness (QED) is 0.593. The first-order chi connectivity index (χ1) is 9.58. The van der Waals surface area contributed by atoms with E-state index in [-0.39, 0.29) is 12.1 Å². The van der Waals surface area contributed by atoms with Crippen LogP contribution in [0.4, 0.5) is 4.79 Å². The van der Waals surface area contributed by atoms with Crippen molar-refractivity contribution in [2.75, 3.05) is 19.7 Å². The highest BCUT2D eigenvalue weighted by Crippen LogP contribution is 2.32. The molecular formula is C16H27NO4. The largest absolute Gasteiger partial charge is 0.465 e. The number of carbonyl (C=O) groups excluding carboxylic acids is 2. The number of amides is 1. The lowest BCUT2D eigenvalue weighted by atomic mass is 9.81. The number of hydrogen-bond donors (Lipinski definition) is 0. The van der Waals surface area contributed by atoms with Gasteiger partial charge in [0.05, 0.1) is 12.0 Å². The van der Waals surface area contributed by atoms with E-state index < -0.39 is 11.0 Å². The van der Waals surface area contributed by atoms with E-state index >= 15 is 0 Å². The number of carbonyl (C=O) groups is 2. The van der Waals surface area contributed by atoms with Gasteiger partial charge in [0.2, 0.25) is 0 Å². The molecular weight excluding hydrogens is 270 g/mol. The van der Waals surface area contributed by atoms with E-state index in [0.717, 1.165) is 5.57 Å². The smallest absolute Gasteiger partial charge is 0.410 e. The molecule has 0 saturated carbocycles. The Bertz CT molecular complexity index is 432. The van der Waals surface area contributed by atoms with Crippen molar-refractivity contribution >= 4 is 12.1 Å². The molecule has 0 fully saturated rings. The molecule has 21 heavy (non-hydrogen) atoms. The van der Waals surface area contributed by atoms with Gasteiger partial charge in [-0.15, -0.1) is 0 Å². The summed E-state index contributed by atoms with van der Waals surface area (Å²) < 4.78 is 10.5. The predicted molar refractivity (Wildman–Crippen MR) is 80.9 cm³/mol. The predicted octanol–water partition coefficient (Wildman–Crippen LogP) is 3.14. The van der Waals surface area contributed by atoms with Gasteiger partial charge >= 0.3 is 12.1 Å². The van der Waals surface area contributed by atoms with Gasteiger partial charge in [-0.3, -0.25) is 4.79 Å². The molecule has 1 rings (SSSR count). The molecule has 0 saturated heterocycles. The standard InChI is InChI=1S/C16H27NO4/c1-7-20-13(18)16(5,6)12-8-10-17(11-9-12)14(19)21-15(2,3)4/h8H,7,9-11H2,1-6H3. The Kier molecular flexibility index (Phi) is 5.42. The number of esters is 1. The molecule has 1 heterocycles. The summed E-state index contributed by atoms with van der Waals surface area (Å²) in [5.74, 6) is -0.220. The molecule has 5 nitrogen and oxygen atoms in total. The van der Waals surface area contributed by atoms with Gasteiger partial charge < -0.3 is 14.4 Å². The zero-order chi connectivity index (χ0) is 16.3. The molecule has 1 amide bonds. The van der Waals surface area contributed by atoms with E-state index in [1.165, 1.54) is 0 Å². The molecule has 0 aromatic carbocycles. The molecule has 0 aromatic heterocycles. The number of nitrogens with zero attached hydrogens (tertiary/aromatic N) is 1. The first-order valence-electron chi connectivity index (χ1n) is 7.42. The van der Waals surface area contributed by atoms with Crippen LogP contribution in [0.25, 0.3) is 0 Å². The maximum absolute atomic E-state index is 12.0. The second-order valence-electron chi connectivity index (χ2n) is 6.75. The highest BCUT2D eigenvalue weighted by atomic mass is 16.6. The monoisotopic (exact) mass is 297 g/mol. The summed E-state index contributed by atoms with van der Waals surface area (Å²) in [6, 6.07) is 0. The minimum Gasteiger partial charge on any atom is -0.465 e. The van der Waals surface area contributed by atoms with Crippen LogP contribution in [0.2, 0.25) is 0 Å². The average molecular weight is 297 g/mol. The second-order valence-corrected chi connectivity index (χ2v) is 6.75. The van der Waals surface area contributed by atoms with Gasteiger partial charge in [-0.05, 0) is 48.0 Å². The van der Waals surface area contributed by atoms with Gasteiger partial charge in [0, 0.05) is 13.1 Å². The summed E-state index contributed by atoms with van der Waals surface area (Å²) in [4.78, 5) is 25.6. The van der Waals surface area contributed by atoms with E-state index in [9.17, 15) is 9.59 Å². The van der Waals surface area contributed by atoms with Gasteiger partial charge in [-0.25, -0.2) is 4.79 Å². The molecule has 0 atom stereocenters. The first-order valence-corrected chi connectivity index (χ1v) is 7.42. The molecule has 0 radical (unpaired) electrons. The summed E-state index contributed by atoms with van der Waals surface area (Å²) in [5, 5.41) is 0. The van der Waals surface area contributed by atoms with E-state index in [4.69, 9.17) is 9.47 Å². The third-order valence-corrected chi connectivity index (χ3v) is 3.45. The minimum absolute atomic E-state index is 0.220. The van der Waals surface area contributed by atoms with Gasteiger partial charge in [-0.2, -0.15) is 0 Å². The fraction of sp³-hybridized carbons (Fsp3) is 0.750. The van der Waals surface area contributed by atoms with Crippen molar-refractivity contribution in [1.82, 2.24) is 4.90 Å². The van der Waals surface area contributed by atoms with Gasteiger partial charge in [0.25, 0.3) is 0 Å². The van der Waals surface area contributed by atoms with Crippen molar-refractivity contribution in [2.45, 2.75) is 53.6 Å². The van der Waals surface area contributed by atoms with Crippen LogP contribution in [0, 0.1) is 5.41 Å². The van der Waals surface area contributed by atoms with Crippen molar-refractivity contribution in [2.24, 2.45) is 5.41 Å². The van der Waals surface area contributed by atoms with Gasteiger partial charge in [0.1, 0.15) is 5.60 Å². The fourth-order valence-corrected chi connectivity index (χ4v) is 2.17. The molecule has 120 valence electrons. The van der Waals surface area contributed by atoms with Crippen molar-refractivity contribution < 1.29 is 19.1 Å². The van der Waals surface area contributed by atoms with E-state index in [1.54, 1.807) is 11.8 Å². The summed E-state index contributed by atoms with van der Waals surface area (Å²) in [5.41, 5.74) is -0.123. The molecule has 1 aliphatic rings. The van der Waals surface area contributed by atoms with Crippen LogP contribution < -0.4 is 0 Å². The van der Waals surface area contributed by atoms with Crippen molar-refractivity contribution in [3.63, 3.8) is 0 Å². The molecule has 0 aromatic rings. The zero-order valence-corrected chi connectivity index (χ0v) is 14.0. The van der Waals surface area contributed by atoms with Crippen LogP contribution in [0.15, 0.2) is 11.6 Å². The Labute approximate surface area is 127 Å². The van der Waals surface area contributed by atoms with Crippen LogP contribution in [-0.2, 0) is 14.3 Å². The van der Waals surface area contributed by atoms with Gasteiger partial charge in [0.15, 0.2) is 0 Å². The molecule has 0 N–H and O–H groups in total. The summed E-state index contributed by atoms with van der Waals surface area (Å²) in [6.45, 7) is 12.5. The van der Waals surface area contributed by atoms with Crippen molar-refractivity contribution in [3.05, 3.63) is 11.6 Å². The van der Waals surface area contributed by atoms with Crippen LogP contribution >= 0.6 is 0 Å². The lowest BCUT2D eigenvalue weighted by Gasteiger charge is -2.33. The maximum Gasteiger partial charge on any atom is 0.410 e. The van der Waals surface area contributed by atoms with Crippen molar-refractivity contribution in [3.8, 4) is 0 Å². The summed E-state index contributed by atoms with van der Waals surface area (Å²) in [7, 11) is 0. The Morgan fingerprint density at radius 1 is 1.24 bits per heavy atom. The Morgan fingerprint density at radius 2 is 1.86 bits per heavy atom. The van der Waals surface area contributed by atoms with Crippen LogP contribution in [-0.4, -0.2) is 42.3 Å². The van der Waals surface area contributed by atoms with Crippen LogP contribution in [0.1, 0.15) is 48.0 Å². The topological polar surface area (TPSA) is 55.8 Å². The van der Waals surface area contributed by atoms with E-state index in [1.807, 2.05) is 40.7 Å². The Balaban J connectivity index is 2.69. The molecule has 1 aliphatic heterocycles. The third kappa shape index (κ3) is 4.76. The highest BCUT2D eigenvalue weighted by Gasteiger charge is 2.35. The summed E-state index contributed by atoms with van der Waals surface area (Å²) in [6.07, 6.45) is 2.28. The number of rotatable bonds is 3. The first kappa shape index (κ1) is 17.5. The summed E-state index contributed by atoms with van der Waals surface area (Å²) >= 11 is 0.